The van der Waals surface area contributed by atoms with E-state index in [0.29, 0.717) is 13.0 Å². The van der Waals surface area contributed by atoms with Gasteiger partial charge in [-0.2, -0.15) is 0 Å². The maximum atomic E-state index is 12.1. The number of carbonyl (C=O) groups excluding carboxylic acids is 1. The van der Waals surface area contributed by atoms with Crippen LogP contribution >= 0.6 is 0 Å². The van der Waals surface area contributed by atoms with Crippen LogP contribution in [-0.2, 0) is 24.2 Å². The molecule has 7 nitrogen and oxygen atoms in total. The molecular formula is C11H21NO6S. The predicted molar refractivity (Wildman–Crippen MR) is 69.6 cm³/mol. The van der Waals surface area contributed by atoms with Crippen LogP contribution in [0.5, 0.6) is 0 Å². The average molecular weight is 295 g/mol. The highest BCUT2D eigenvalue weighted by Gasteiger charge is 2.47. The van der Waals surface area contributed by atoms with Gasteiger partial charge in [0.05, 0.1) is 0 Å². The summed E-state index contributed by atoms with van der Waals surface area (Å²) >= 11 is 0. The molecule has 1 amide bonds. The predicted octanol–water partition coefficient (Wildman–Crippen LogP) is -0.194. The molecule has 0 fully saturated rings. The summed E-state index contributed by atoms with van der Waals surface area (Å²) in [5, 5.41) is 9.95. The Labute approximate surface area is 113 Å². The molecule has 19 heavy (non-hydrogen) atoms. The van der Waals surface area contributed by atoms with E-state index in [1.165, 1.54) is 14.0 Å². The normalized spacial score (nSPS) is 13.9. The van der Waals surface area contributed by atoms with Gasteiger partial charge in [-0.3, -0.25) is 9.59 Å². The Morgan fingerprint density at radius 1 is 1.37 bits per heavy atom. The molecule has 1 unspecified atom stereocenters. The Hall–Kier alpha value is -1.15. The summed E-state index contributed by atoms with van der Waals surface area (Å²) in [5.41, 5.74) is 0. The molecule has 0 radical (unpaired) electrons. The topological polar surface area (TPSA) is 110 Å². The number of hydrogen-bond acceptors (Lipinski definition) is 5. The zero-order chi connectivity index (χ0) is 15.3. The molecule has 0 bridgehead atoms. The minimum atomic E-state index is -4.12. The van der Waals surface area contributed by atoms with Gasteiger partial charge >= 0.3 is 5.97 Å². The van der Waals surface area contributed by atoms with Crippen molar-refractivity contribution in [3.63, 3.8) is 0 Å². The molecule has 112 valence electrons. The smallest absolute Gasteiger partial charge is 0.324 e. The molecule has 0 heterocycles. The van der Waals surface area contributed by atoms with E-state index in [1.54, 1.807) is 0 Å². The summed E-state index contributed by atoms with van der Waals surface area (Å²) < 4.78 is 26.9. The molecule has 0 spiro atoms. The molecule has 0 aliphatic rings. The molecular weight excluding hydrogens is 274 g/mol. The van der Waals surface area contributed by atoms with Crippen molar-refractivity contribution in [3.8, 4) is 0 Å². The number of carboxylic acid groups (broad SMARTS) is 1. The molecule has 0 aliphatic carbocycles. The Bertz CT molecular complexity index is 428. The van der Waals surface area contributed by atoms with Gasteiger partial charge in [-0.05, 0) is 27.2 Å². The number of sulfone groups is 1. The van der Waals surface area contributed by atoms with Crippen LogP contribution in [-0.4, -0.2) is 55.7 Å². The fraction of sp³-hybridized carbons (Fsp3) is 0.818. The Morgan fingerprint density at radius 3 is 2.32 bits per heavy atom. The molecule has 2 N–H and O–H groups in total. The number of carboxylic acids is 1. The molecule has 0 aromatic rings. The third-order valence-electron chi connectivity index (χ3n) is 2.89. The van der Waals surface area contributed by atoms with Crippen LogP contribution in [0.3, 0.4) is 0 Å². The van der Waals surface area contributed by atoms with Gasteiger partial charge in [-0.1, -0.05) is 0 Å². The number of aliphatic carboxylic acids is 1. The molecule has 1 atom stereocenters. The third-order valence-corrected chi connectivity index (χ3v) is 5.63. The van der Waals surface area contributed by atoms with Gasteiger partial charge in [0.2, 0.25) is 5.91 Å². The standard InChI is InChI=1S/C11H21NO6S/c1-8(9(13)12-6-5-7-18-4)19(16,17)11(2,3)10(14)15/h8H,5-7H2,1-4H3,(H,12,13)(H,14,15). The van der Waals surface area contributed by atoms with E-state index in [2.05, 4.69) is 5.32 Å². The number of nitrogens with one attached hydrogen (secondary N) is 1. The first-order valence-electron chi connectivity index (χ1n) is 5.82. The molecule has 0 aromatic carbocycles. The number of carbonyl (C=O) groups is 2. The van der Waals surface area contributed by atoms with Gasteiger partial charge in [0.25, 0.3) is 0 Å². The molecule has 0 aromatic heterocycles. The highest BCUT2D eigenvalue weighted by molar-refractivity contribution is 7.94. The SMILES string of the molecule is COCCCNC(=O)C(C)S(=O)(=O)C(C)(C)C(=O)O. The second-order valence-electron chi connectivity index (χ2n) is 4.64. The number of rotatable bonds is 8. The quantitative estimate of drug-likeness (QED) is 0.600. The van der Waals surface area contributed by atoms with Crippen LogP contribution in [0.1, 0.15) is 27.2 Å². The van der Waals surface area contributed by atoms with Gasteiger partial charge in [0.1, 0.15) is 5.25 Å². The first kappa shape index (κ1) is 17.8. The molecule has 0 aliphatic heterocycles. The minimum absolute atomic E-state index is 0.278. The van der Waals surface area contributed by atoms with E-state index in [1.807, 2.05) is 0 Å². The fourth-order valence-electron chi connectivity index (χ4n) is 1.28. The van der Waals surface area contributed by atoms with E-state index in [-0.39, 0.29) is 6.54 Å². The van der Waals surface area contributed by atoms with Crippen molar-refractivity contribution < 1.29 is 27.9 Å². The number of methoxy groups -OCH3 is 1. The van der Waals surface area contributed by atoms with Crippen molar-refractivity contribution >= 4 is 21.7 Å². The van der Waals surface area contributed by atoms with Gasteiger partial charge in [0.15, 0.2) is 14.6 Å². The summed E-state index contributed by atoms with van der Waals surface area (Å²) in [6.45, 7) is 4.05. The lowest BCUT2D eigenvalue weighted by Gasteiger charge is -2.23. The lowest BCUT2D eigenvalue weighted by Crippen LogP contribution is -2.50. The highest BCUT2D eigenvalue weighted by atomic mass is 32.2. The van der Waals surface area contributed by atoms with E-state index in [0.717, 1.165) is 13.8 Å². The van der Waals surface area contributed by atoms with Crippen LogP contribution in [0.25, 0.3) is 0 Å². The molecule has 0 rings (SSSR count). The van der Waals surface area contributed by atoms with Gasteiger partial charge in [-0.15, -0.1) is 0 Å². The lowest BCUT2D eigenvalue weighted by atomic mass is 10.2. The van der Waals surface area contributed by atoms with E-state index < -0.39 is 31.7 Å². The van der Waals surface area contributed by atoms with Crippen LogP contribution < -0.4 is 5.32 Å². The maximum absolute atomic E-state index is 12.1. The lowest BCUT2D eigenvalue weighted by molar-refractivity contribution is -0.139. The van der Waals surface area contributed by atoms with E-state index in [4.69, 9.17) is 9.84 Å². The summed E-state index contributed by atoms with van der Waals surface area (Å²) in [6.07, 6.45) is 0.553. The number of ether oxygens (including phenoxy) is 1. The second kappa shape index (κ2) is 6.85. The monoisotopic (exact) mass is 295 g/mol. The maximum Gasteiger partial charge on any atom is 0.324 e. The van der Waals surface area contributed by atoms with Crippen LogP contribution in [0.4, 0.5) is 0 Å². The van der Waals surface area contributed by atoms with Crippen molar-refractivity contribution in [2.45, 2.75) is 37.2 Å². The number of hydrogen-bond donors (Lipinski definition) is 2. The first-order valence-corrected chi connectivity index (χ1v) is 7.37. The molecule has 8 heteroatoms. The largest absolute Gasteiger partial charge is 0.480 e. The Morgan fingerprint density at radius 2 is 1.89 bits per heavy atom. The number of amides is 1. The van der Waals surface area contributed by atoms with Crippen LogP contribution in [0.15, 0.2) is 0 Å². The van der Waals surface area contributed by atoms with E-state index >= 15 is 0 Å². The molecule has 0 saturated carbocycles. The third kappa shape index (κ3) is 4.17. The van der Waals surface area contributed by atoms with Crippen molar-refractivity contribution in [2.75, 3.05) is 20.3 Å². The second-order valence-corrected chi connectivity index (χ2v) is 7.46. The van der Waals surface area contributed by atoms with Crippen LogP contribution in [0, 0.1) is 0 Å². The van der Waals surface area contributed by atoms with Gasteiger partial charge < -0.3 is 15.2 Å². The van der Waals surface area contributed by atoms with Gasteiger partial charge in [0, 0.05) is 20.3 Å². The van der Waals surface area contributed by atoms with Crippen molar-refractivity contribution in [1.29, 1.82) is 0 Å². The van der Waals surface area contributed by atoms with Crippen molar-refractivity contribution in [3.05, 3.63) is 0 Å². The summed E-state index contributed by atoms with van der Waals surface area (Å²) in [7, 11) is -2.60. The molecule has 0 saturated heterocycles. The first-order chi connectivity index (χ1) is 8.59. The zero-order valence-electron chi connectivity index (χ0n) is 11.6. The van der Waals surface area contributed by atoms with Crippen LogP contribution in [0.2, 0.25) is 0 Å². The van der Waals surface area contributed by atoms with Crippen molar-refractivity contribution in [1.82, 2.24) is 5.32 Å². The zero-order valence-corrected chi connectivity index (χ0v) is 12.4. The Balaban J connectivity index is 4.76. The average Bonchev–Trinajstić information content (AvgIpc) is 2.32. The van der Waals surface area contributed by atoms with E-state index in [9.17, 15) is 18.0 Å². The summed E-state index contributed by atoms with van der Waals surface area (Å²) in [5.74, 6) is -2.18. The highest BCUT2D eigenvalue weighted by Crippen LogP contribution is 2.22. The summed E-state index contributed by atoms with van der Waals surface area (Å²) in [4.78, 5) is 22.7. The summed E-state index contributed by atoms with van der Waals surface area (Å²) in [6, 6.07) is 0. The minimum Gasteiger partial charge on any atom is -0.480 e. The fourth-order valence-corrected chi connectivity index (χ4v) is 2.77. The van der Waals surface area contributed by atoms with Crippen molar-refractivity contribution in [2.24, 2.45) is 0 Å². The Kier molecular flexibility index (Phi) is 6.44. The van der Waals surface area contributed by atoms with Gasteiger partial charge in [-0.25, -0.2) is 8.42 Å².